The maximum Gasteiger partial charge on any atom is 0.103 e. The molecule has 2 nitrogen and oxygen atoms in total. The van der Waals surface area contributed by atoms with Gasteiger partial charge in [0.15, 0.2) is 0 Å². The lowest BCUT2D eigenvalue weighted by Crippen LogP contribution is -1.96. The van der Waals surface area contributed by atoms with Crippen LogP contribution in [0.3, 0.4) is 0 Å². The molecule has 1 aromatic heterocycles. The number of nitrogens with one attached hydrogen (secondary N) is 1. The minimum absolute atomic E-state index is 0.696. The topological polar surface area (TPSA) is 28.7 Å². The van der Waals surface area contributed by atoms with Gasteiger partial charge in [-0.3, -0.25) is 0 Å². The molecule has 0 spiro atoms. The zero-order valence-electron chi connectivity index (χ0n) is 13.1. The summed E-state index contributed by atoms with van der Waals surface area (Å²) in [6.45, 7) is 10.6. The van der Waals surface area contributed by atoms with E-state index in [2.05, 4.69) is 49.8 Å². The minimum Gasteiger partial charge on any atom is -0.346 e. The maximum atomic E-state index is 5.90. The van der Waals surface area contributed by atoms with Crippen LogP contribution in [0.2, 0.25) is 5.02 Å². The van der Waals surface area contributed by atoms with Crippen LogP contribution in [0.25, 0.3) is 0 Å². The SMILES string of the molecule is CCc1cnc(C)[nH]1.Cc1ccc(Cl)cc1CC(C)C. The third-order valence-corrected chi connectivity index (χ3v) is 3.31. The van der Waals surface area contributed by atoms with Gasteiger partial charge in [0.05, 0.1) is 0 Å². The van der Waals surface area contributed by atoms with Crippen molar-refractivity contribution in [3.05, 3.63) is 52.1 Å². The number of rotatable bonds is 3. The Morgan fingerprint density at radius 3 is 2.40 bits per heavy atom. The number of imidazole rings is 1. The Labute approximate surface area is 127 Å². The van der Waals surface area contributed by atoms with Crippen molar-refractivity contribution in [2.45, 2.75) is 47.5 Å². The Bertz CT molecular complexity index is 530. The summed E-state index contributed by atoms with van der Waals surface area (Å²) in [7, 11) is 0. The molecule has 110 valence electrons. The van der Waals surface area contributed by atoms with Crippen LogP contribution < -0.4 is 0 Å². The fourth-order valence-corrected chi connectivity index (χ4v) is 2.15. The van der Waals surface area contributed by atoms with E-state index in [4.69, 9.17) is 11.6 Å². The summed E-state index contributed by atoms with van der Waals surface area (Å²) in [4.78, 5) is 7.15. The number of H-pyrrole nitrogens is 1. The fourth-order valence-electron chi connectivity index (χ4n) is 1.95. The van der Waals surface area contributed by atoms with E-state index in [1.54, 1.807) is 0 Å². The Morgan fingerprint density at radius 2 is 1.95 bits per heavy atom. The second-order valence-electron chi connectivity index (χ2n) is 5.52. The first-order valence-corrected chi connectivity index (χ1v) is 7.55. The van der Waals surface area contributed by atoms with Crippen molar-refractivity contribution in [3.63, 3.8) is 0 Å². The Kier molecular flexibility index (Phi) is 6.80. The molecule has 0 saturated carbocycles. The first-order valence-electron chi connectivity index (χ1n) is 7.17. The molecule has 0 amide bonds. The summed E-state index contributed by atoms with van der Waals surface area (Å²) in [5.41, 5.74) is 3.92. The highest BCUT2D eigenvalue weighted by Gasteiger charge is 2.01. The van der Waals surface area contributed by atoms with Gasteiger partial charge in [-0.25, -0.2) is 4.98 Å². The minimum atomic E-state index is 0.696. The number of hydrogen-bond acceptors (Lipinski definition) is 1. The van der Waals surface area contributed by atoms with Crippen molar-refractivity contribution < 1.29 is 0 Å². The fraction of sp³-hybridized carbons (Fsp3) is 0.471. The molecule has 0 aliphatic rings. The van der Waals surface area contributed by atoms with Crippen LogP contribution in [0.15, 0.2) is 24.4 Å². The highest BCUT2D eigenvalue weighted by atomic mass is 35.5. The molecule has 1 N–H and O–H groups in total. The molecule has 20 heavy (non-hydrogen) atoms. The van der Waals surface area contributed by atoms with Crippen molar-refractivity contribution in [1.29, 1.82) is 0 Å². The van der Waals surface area contributed by atoms with Gasteiger partial charge in [-0.05, 0) is 55.9 Å². The lowest BCUT2D eigenvalue weighted by atomic mass is 9.99. The van der Waals surface area contributed by atoms with Crippen LogP contribution in [0.4, 0.5) is 0 Å². The van der Waals surface area contributed by atoms with Gasteiger partial charge in [-0.2, -0.15) is 0 Å². The standard InChI is InChI=1S/C11H15Cl.C6H10N2/c1-8(2)6-10-7-11(12)5-4-9(10)3;1-3-6-4-7-5(2)8-6/h4-5,7-8H,6H2,1-3H3;4H,3H2,1-2H3,(H,7,8). The third-order valence-electron chi connectivity index (χ3n) is 3.08. The molecule has 2 aromatic rings. The Morgan fingerprint density at radius 1 is 1.25 bits per heavy atom. The summed E-state index contributed by atoms with van der Waals surface area (Å²) >= 11 is 5.90. The molecular weight excluding hydrogens is 268 g/mol. The largest absolute Gasteiger partial charge is 0.346 e. The van der Waals surface area contributed by atoms with Crippen molar-refractivity contribution in [1.82, 2.24) is 9.97 Å². The summed E-state index contributed by atoms with van der Waals surface area (Å²) in [5, 5.41) is 0.844. The lowest BCUT2D eigenvalue weighted by Gasteiger charge is -2.08. The highest BCUT2D eigenvalue weighted by Crippen LogP contribution is 2.18. The summed E-state index contributed by atoms with van der Waals surface area (Å²) in [6, 6.07) is 6.09. The van der Waals surface area contributed by atoms with Crippen LogP contribution >= 0.6 is 11.6 Å². The predicted molar refractivity (Wildman–Crippen MR) is 87.4 cm³/mol. The van der Waals surface area contributed by atoms with Gasteiger partial charge in [-0.1, -0.05) is 38.4 Å². The second kappa shape index (κ2) is 8.11. The molecule has 0 unspecified atom stereocenters. The molecule has 2 rings (SSSR count). The van der Waals surface area contributed by atoms with Crippen molar-refractivity contribution in [2.75, 3.05) is 0 Å². The average Bonchev–Trinajstić information content (AvgIpc) is 2.80. The maximum absolute atomic E-state index is 5.90. The number of aromatic nitrogens is 2. The molecule has 3 heteroatoms. The number of halogens is 1. The highest BCUT2D eigenvalue weighted by molar-refractivity contribution is 6.30. The zero-order chi connectivity index (χ0) is 15.1. The molecule has 1 heterocycles. The molecule has 1 aromatic carbocycles. The van der Waals surface area contributed by atoms with E-state index in [1.807, 2.05) is 19.2 Å². The van der Waals surface area contributed by atoms with Crippen molar-refractivity contribution in [3.8, 4) is 0 Å². The quantitative estimate of drug-likeness (QED) is 0.835. The van der Waals surface area contributed by atoms with E-state index < -0.39 is 0 Å². The zero-order valence-corrected chi connectivity index (χ0v) is 13.9. The van der Waals surface area contributed by atoms with Crippen LogP contribution in [-0.2, 0) is 12.8 Å². The monoisotopic (exact) mass is 292 g/mol. The predicted octanol–water partition coefficient (Wildman–Crippen LogP) is 5.13. The van der Waals surface area contributed by atoms with E-state index >= 15 is 0 Å². The van der Waals surface area contributed by atoms with E-state index in [0.29, 0.717) is 5.92 Å². The second-order valence-corrected chi connectivity index (χ2v) is 5.95. The molecule has 0 fully saturated rings. The van der Waals surface area contributed by atoms with Crippen LogP contribution in [0.5, 0.6) is 0 Å². The number of aromatic amines is 1. The van der Waals surface area contributed by atoms with Crippen molar-refractivity contribution in [2.24, 2.45) is 5.92 Å². The van der Waals surface area contributed by atoms with E-state index in [-0.39, 0.29) is 0 Å². The first kappa shape index (κ1) is 16.8. The summed E-state index contributed by atoms with van der Waals surface area (Å²) in [5.74, 6) is 1.70. The van der Waals surface area contributed by atoms with E-state index in [0.717, 1.165) is 23.7 Å². The summed E-state index contributed by atoms with van der Waals surface area (Å²) in [6.07, 6.45) is 4.03. The Hall–Kier alpha value is -1.28. The normalized spacial score (nSPS) is 10.3. The van der Waals surface area contributed by atoms with Crippen LogP contribution in [0, 0.1) is 19.8 Å². The molecule has 0 atom stereocenters. The van der Waals surface area contributed by atoms with E-state index in [1.165, 1.54) is 16.8 Å². The number of aryl methyl sites for hydroxylation is 3. The van der Waals surface area contributed by atoms with Gasteiger partial charge in [0, 0.05) is 16.9 Å². The van der Waals surface area contributed by atoms with Crippen molar-refractivity contribution >= 4 is 11.6 Å². The van der Waals surface area contributed by atoms with Gasteiger partial charge >= 0.3 is 0 Å². The molecule has 0 aliphatic carbocycles. The van der Waals surface area contributed by atoms with E-state index in [9.17, 15) is 0 Å². The van der Waals surface area contributed by atoms with Gasteiger partial charge in [0.2, 0.25) is 0 Å². The van der Waals surface area contributed by atoms with Gasteiger partial charge in [0.1, 0.15) is 5.82 Å². The summed E-state index contributed by atoms with van der Waals surface area (Å²) < 4.78 is 0. The molecule has 0 bridgehead atoms. The van der Waals surface area contributed by atoms with Gasteiger partial charge in [0.25, 0.3) is 0 Å². The van der Waals surface area contributed by atoms with Crippen LogP contribution in [0.1, 0.15) is 43.4 Å². The molecular formula is C17H25ClN2. The number of nitrogens with zero attached hydrogens (tertiary/aromatic N) is 1. The molecule has 0 saturated heterocycles. The number of hydrogen-bond donors (Lipinski definition) is 1. The lowest BCUT2D eigenvalue weighted by molar-refractivity contribution is 0.645. The van der Waals surface area contributed by atoms with Gasteiger partial charge < -0.3 is 4.98 Å². The Balaban J connectivity index is 0.000000217. The third kappa shape index (κ3) is 5.79. The number of benzene rings is 1. The average molecular weight is 293 g/mol. The van der Waals surface area contributed by atoms with Crippen LogP contribution in [-0.4, -0.2) is 9.97 Å². The smallest absolute Gasteiger partial charge is 0.103 e. The molecule has 0 aliphatic heterocycles. The molecule has 0 radical (unpaired) electrons. The first-order chi connectivity index (χ1) is 9.42. The van der Waals surface area contributed by atoms with Gasteiger partial charge in [-0.15, -0.1) is 0 Å².